The van der Waals surface area contributed by atoms with Crippen molar-refractivity contribution in [1.29, 1.82) is 0 Å². The van der Waals surface area contributed by atoms with Gasteiger partial charge in [-0.3, -0.25) is 4.79 Å². The maximum absolute atomic E-state index is 12.2. The van der Waals surface area contributed by atoms with Crippen LogP contribution >= 0.6 is 0 Å². The zero-order chi connectivity index (χ0) is 11.4. The summed E-state index contributed by atoms with van der Waals surface area (Å²) in [6.07, 6.45) is 3.42. The number of hydrogen-bond donors (Lipinski definition) is 1. The van der Waals surface area contributed by atoms with Crippen molar-refractivity contribution in [1.82, 2.24) is 10.2 Å². The normalized spacial score (nSPS) is 29.9. The molecular weight excluding hydrogens is 204 g/mol. The topological polar surface area (TPSA) is 41.6 Å². The molecule has 2 rings (SSSR count). The Bertz CT molecular complexity index is 239. The van der Waals surface area contributed by atoms with E-state index in [0.29, 0.717) is 19.1 Å². The molecule has 92 valence electrons. The minimum absolute atomic E-state index is 0.0460. The summed E-state index contributed by atoms with van der Waals surface area (Å²) < 4.78 is 5.44. The van der Waals surface area contributed by atoms with Crippen LogP contribution in [0, 0.1) is 5.92 Å². The molecule has 2 aliphatic rings. The Morgan fingerprint density at radius 3 is 2.81 bits per heavy atom. The summed E-state index contributed by atoms with van der Waals surface area (Å²) >= 11 is 0. The van der Waals surface area contributed by atoms with Gasteiger partial charge < -0.3 is 15.0 Å². The third-order valence-corrected chi connectivity index (χ3v) is 3.47. The van der Waals surface area contributed by atoms with E-state index in [4.69, 9.17) is 4.74 Å². The first-order chi connectivity index (χ1) is 7.83. The van der Waals surface area contributed by atoms with E-state index in [-0.39, 0.29) is 12.0 Å². The summed E-state index contributed by atoms with van der Waals surface area (Å²) in [5.41, 5.74) is 0. The van der Waals surface area contributed by atoms with Gasteiger partial charge in [0.15, 0.2) is 0 Å². The molecule has 2 saturated heterocycles. The van der Waals surface area contributed by atoms with Gasteiger partial charge in [-0.15, -0.1) is 0 Å². The Balaban J connectivity index is 1.88. The van der Waals surface area contributed by atoms with Gasteiger partial charge in [-0.2, -0.15) is 0 Å². The molecule has 4 nitrogen and oxygen atoms in total. The lowest BCUT2D eigenvalue weighted by atomic mass is 10.0. The zero-order valence-electron chi connectivity index (χ0n) is 10.1. The van der Waals surface area contributed by atoms with Gasteiger partial charge in [0.1, 0.15) is 0 Å². The fraction of sp³-hybridized carbons (Fsp3) is 0.917. The number of carbonyl (C=O) groups excluding carboxylic acids is 1. The Morgan fingerprint density at radius 2 is 2.12 bits per heavy atom. The molecular formula is C12H22N2O2. The molecule has 1 amide bonds. The third-order valence-electron chi connectivity index (χ3n) is 3.47. The monoisotopic (exact) mass is 226 g/mol. The van der Waals surface area contributed by atoms with E-state index in [1.807, 2.05) is 4.90 Å². The van der Waals surface area contributed by atoms with Crippen LogP contribution in [0.5, 0.6) is 0 Å². The van der Waals surface area contributed by atoms with E-state index in [2.05, 4.69) is 12.2 Å². The van der Waals surface area contributed by atoms with Crippen LogP contribution in [-0.4, -0.2) is 49.7 Å². The van der Waals surface area contributed by atoms with Crippen molar-refractivity contribution in [2.45, 2.75) is 32.2 Å². The minimum atomic E-state index is 0.0460. The molecule has 0 spiro atoms. The molecule has 0 radical (unpaired) electrons. The molecule has 2 heterocycles. The largest absolute Gasteiger partial charge is 0.379 e. The van der Waals surface area contributed by atoms with Crippen molar-refractivity contribution >= 4 is 5.91 Å². The predicted molar refractivity (Wildman–Crippen MR) is 62.2 cm³/mol. The van der Waals surface area contributed by atoms with Crippen molar-refractivity contribution in [2.24, 2.45) is 5.92 Å². The summed E-state index contributed by atoms with van der Waals surface area (Å²) in [4.78, 5) is 14.2. The van der Waals surface area contributed by atoms with Crippen LogP contribution in [0.1, 0.15) is 26.2 Å². The Kier molecular flexibility index (Phi) is 4.18. The van der Waals surface area contributed by atoms with E-state index in [1.165, 1.54) is 0 Å². The molecule has 0 aromatic heterocycles. The molecule has 2 unspecified atom stereocenters. The Labute approximate surface area is 97.3 Å². The minimum Gasteiger partial charge on any atom is -0.379 e. The van der Waals surface area contributed by atoms with E-state index in [0.717, 1.165) is 38.9 Å². The van der Waals surface area contributed by atoms with Gasteiger partial charge in [-0.25, -0.2) is 0 Å². The van der Waals surface area contributed by atoms with Gasteiger partial charge >= 0.3 is 0 Å². The standard InChI is InChI=1S/C12H22N2O2/c1-2-5-13-11-9-16-8-10(11)12(15)14-6-3-4-7-14/h10-11,13H,2-9H2,1H3. The molecule has 2 fully saturated rings. The molecule has 0 bridgehead atoms. The van der Waals surface area contributed by atoms with Crippen LogP contribution in [-0.2, 0) is 9.53 Å². The molecule has 4 heteroatoms. The van der Waals surface area contributed by atoms with Crippen LogP contribution < -0.4 is 5.32 Å². The quantitative estimate of drug-likeness (QED) is 0.764. The van der Waals surface area contributed by atoms with Crippen molar-refractivity contribution < 1.29 is 9.53 Å². The maximum atomic E-state index is 12.2. The van der Waals surface area contributed by atoms with Crippen LogP contribution in [0.3, 0.4) is 0 Å². The number of nitrogens with zero attached hydrogens (tertiary/aromatic N) is 1. The van der Waals surface area contributed by atoms with Gasteiger partial charge in [0.25, 0.3) is 0 Å². The highest BCUT2D eigenvalue weighted by Gasteiger charge is 2.36. The highest BCUT2D eigenvalue weighted by molar-refractivity contribution is 5.80. The number of ether oxygens (including phenoxy) is 1. The maximum Gasteiger partial charge on any atom is 0.229 e. The Hall–Kier alpha value is -0.610. The molecule has 2 atom stereocenters. The SMILES string of the molecule is CCCNC1COCC1C(=O)N1CCCC1. The molecule has 0 saturated carbocycles. The van der Waals surface area contributed by atoms with E-state index in [1.54, 1.807) is 0 Å². The average molecular weight is 226 g/mol. The van der Waals surface area contributed by atoms with Gasteiger partial charge in [0.05, 0.1) is 19.1 Å². The summed E-state index contributed by atoms with van der Waals surface area (Å²) in [7, 11) is 0. The molecule has 0 aromatic carbocycles. The molecule has 0 aliphatic carbocycles. The highest BCUT2D eigenvalue weighted by atomic mass is 16.5. The lowest BCUT2D eigenvalue weighted by Crippen LogP contribution is -2.45. The predicted octanol–water partition coefficient (Wildman–Crippen LogP) is 0.623. The summed E-state index contributed by atoms with van der Waals surface area (Å²) in [5.74, 6) is 0.341. The zero-order valence-corrected chi connectivity index (χ0v) is 10.1. The Morgan fingerprint density at radius 1 is 1.38 bits per heavy atom. The third kappa shape index (κ3) is 2.55. The number of likely N-dealkylation sites (tertiary alicyclic amines) is 1. The number of rotatable bonds is 4. The summed E-state index contributed by atoms with van der Waals surface area (Å²) in [5, 5.41) is 3.41. The smallest absolute Gasteiger partial charge is 0.229 e. The van der Waals surface area contributed by atoms with Crippen molar-refractivity contribution in [3.63, 3.8) is 0 Å². The molecule has 0 aromatic rings. The number of hydrogen-bond acceptors (Lipinski definition) is 3. The first-order valence-electron chi connectivity index (χ1n) is 6.43. The second-order valence-corrected chi connectivity index (χ2v) is 4.74. The van der Waals surface area contributed by atoms with Crippen LogP contribution in [0.25, 0.3) is 0 Å². The second-order valence-electron chi connectivity index (χ2n) is 4.74. The van der Waals surface area contributed by atoms with Crippen LogP contribution in [0.2, 0.25) is 0 Å². The van der Waals surface area contributed by atoms with Gasteiger partial charge in [-0.05, 0) is 25.8 Å². The number of carbonyl (C=O) groups is 1. The average Bonchev–Trinajstić information content (AvgIpc) is 2.96. The van der Waals surface area contributed by atoms with Crippen LogP contribution in [0.4, 0.5) is 0 Å². The lowest BCUT2D eigenvalue weighted by molar-refractivity contribution is -0.134. The highest BCUT2D eigenvalue weighted by Crippen LogP contribution is 2.19. The first kappa shape index (κ1) is 11.9. The fourth-order valence-corrected chi connectivity index (χ4v) is 2.50. The first-order valence-corrected chi connectivity index (χ1v) is 6.43. The van der Waals surface area contributed by atoms with Gasteiger partial charge in [0.2, 0.25) is 5.91 Å². The van der Waals surface area contributed by atoms with E-state index < -0.39 is 0 Å². The van der Waals surface area contributed by atoms with Crippen LogP contribution in [0.15, 0.2) is 0 Å². The summed E-state index contributed by atoms with van der Waals surface area (Å²) in [6, 6.07) is 0.230. The van der Waals surface area contributed by atoms with E-state index in [9.17, 15) is 4.79 Å². The fourth-order valence-electron chi connectivity index (χ4n) is 2.50. The number of amides is 1. The van der Waals surface area contributed by atoms with Crippen molar-refractivity contribution in [3.8, 4) is 0 Å². The summed E-state index contributed by atoms with van der Waals surface area (Å²) in [6.45, 7) is 6.27. The van der Waals surface area contributed by atoms with Crippen molar-refractivity contribution in [3.05, 3.63) is 0 Å². The number of nitrogens with one attached hydrogen (secondary N) is 1. The molecule has 16 heavy (non-hydrogen) atoms. The second kappa shape index (κ2) is 5.64. The molecule has 2 aliphatic heterocycles. The van der Waals surface area contributed by atoms with E-state index >= 15 is 0 Å². The van der Waals surface area contributed by atoms with Crippen molar-refractivity contribution in [2.75, 3.05) is 32.8 Å². The van der Waals surface area contributed by atoms with Gasteiger partial charge in [-0.1, -0.05) is 6.92 Å². The van der Waals surface area contributed by atoms with Gasteiger partial charge in [0, 0.05) is 19.1 Å². The lowest BCUT2D eigenvalue weighted by Gasteiger charge is -2.23. The molecule has 1 N–H and O–H groups in total.